The Bertz CT molecular complexity index is 841. The second kappa shape index (κ2) is 7.68. The number of ether oxygens (including phenoxy) is 1. The number of halogens is 1. The van der Waals surface area contributed by atoms with Gasteiger partial charge in [0.25, 0.3) is 5.91 Å². The molecular formula is C19H23ClN2O4. The number of benzene rings is 1. The molecule has 0 saturated carbocycles. The first kappa shape index (κ1) is 18.7. The molecule has 2 atom stereocenters. The van der Waals surface area contributed by atoms with Crippen molar-refractivity contribution in [1.29, 1.82) is 0 Å². The Morgan fingerprint density at radius 1 is 1.23 bits per heavy atom. The summed E-state index contributed by atoms with van der Waals surface area (Å²) >= 11 is 0. The van der Waals surface area contributed by atoms with Crippen LogP contribution in [0.15, 0.2) is 39.5 Å². The number of fused-ring (bicyclic) bond motifs is 3. The summed E-state index contributed by atoms with van der Waals surface area (Å²) in [7, 11) is 1.86. The first-order chi connectivity index (χ1) is 12.1. The molecule has 0 radical (unpaired) electrons. The van der Waals surface area contributed by atoms with E-state index in [2.05, 4.69) is 5.32 Å². The van der Waals surface area contributed by atoms with Gasteiger partial charge in [-0.2, -0.15) is 0 Å². The number of nitrogens with one attached hydrogen (secondary N) is 1. The molecule has 2 bridgehead atoms. The van der Waals surface area contributed by atoms with E-state index in [0.29, 0.717) is 23.4 Å². The highest BCUT2D eigenvalue weighted by atomic mass is 35.5. The van der Waals surface area contributed by atoms with Gasteiger partial charge < -0.3 is 19.4 Å². The average Bonchev–Trinajstić information content (AvgIpc) is 2.96. The van der Waals surface area contributed by atoms with Gasteiger partial charge in [-0.3, -0.25) is 4.79 Å². The van der Waals surface area contributed by atoms with Crippen molar-refractivity contribution in [3.05, 3.63) is 40.8 Å². The van der Waals surface area contributed by atoms with Gasteiger partial charge in [-0.1, -0.05) is 0 Å². The van der Waals surface area contributed by atoms with Crippen LogP contribution in [0.4, 0.5) is 0 Å². The summed E-state index contributed by atoms with van der Waals surface area (Å²) in [5.41, 5.74) is 0.0572. The van der Waals surface area contributed by atoms with Crippen LogP contribution in [0.1, 0.15) is 25.7 Å². The number of carbonyl (C=O) groups excluding carboxylic acids is 1. The number of rotatable bonds is 4. The molecule has 1 amide bonds. The Kier molecular flexibility index (Phi) is 5.53. The lowest BCUT2D eigenvalue weighted by Crippen LogP contribution is -2.49. The van der Waals surface area contributed by atoms with Gasteiger partial charge in [0.2, 0.25) is 0 Å². The summed E-state index contributed by atoms with van der Waals surface area (Å²) in [6, 6.07) is 9.70. The van der Waals surface area contributed by atoms with E-state index in [4.69, 9.17) is 9.15 Å². The maximum Gasteiger partial charge on any atom is 0.336 e. The van der Waals surface area contributed by atoms with Gasteiger partial charge in [0, 0.05) is 42.7 Å². The molecule has 26 heavy (non-hydrogen) atoms. The molecule has 1 N–H and O–H groups in total. The third-order valence-electron chi connectivity index (χ3n) is 5.35. The van der Waals surface area contributed by atoms with Crippen LogP contribution in [0.3, 0.4) is 0 Å². The van der Waals surface area contributed by atoms with Crippen LogP contribution in [-0.2, 0) is 4.79 Å². The van der Waals surface area contributed by atoms with Crippen molar-refractivity contribution in [2.45, 2.75) is 43.8 Å². The summed E-state index contributed by atoms with van der Waals surface area (Å²) in [6.07, 6.45) is 4.45. The van der Waals surface area contributed by atoms with E-state index >= 15 is 0 Å². The van der Waals surface area contributed by atoms with Crippen LogP contribution < -0.4 is 15.7 Å². The van der Waals surface area contributed by atoms with Crippen molar-refractivity contribution in [1.82, 2.24) is 10.2 Å². The molecule has 0 spiro atoms. The lowest BCUT2D eigenvalue weighted by molar-refractivity contribution is -0.134. The van der Waals surface area contributed by atoms with Crippen molar-refractivity contribution < 1.29 is 13.9 Å². The Morgan fingerprint density at radius 3 is 2.65 bits per heavy atom. The minimum absolute atomic E-state index is 0. The van der Waals surface area contributed by atoms with Crippen molar-refractivity contribution in [3.8, 4) is 5.75 Å². The molecule has 2 saturated heterocycles. The molecule has 1 aromatic heterocycles. The van der Waals surface area contributed by atoms with Crippen LogP contribution in [0.5, 0.6) is 5.75 Å². The predicted octanol–water partition coefficient (Wildman–Crippen LogP) is 2.34. The van der Waals surface area contributed by atoms with Crippen LogP contribution >= 0.6 is 12.4 Å². The van der Waals surface area contributed by atoms with Crippen molar-refractivity contribution in [3.63, 3.8) is 0 Å². The predicted molar refractivity (Wildman–Crippen MR) is 101 cm³/mol. The fourth-order valence-corrected chi connectivity index (χ4v) is 3.92. The number of likely N-dealkylation sites (N-methyl/N-ethyl adjacent to an activating group) is 1. The number of piperidine rings is 1. The van der Waals surface area contributed by atoms with E-state index in [-0.39, 0.29) is 31.0 Å². The van der Waals surface area contributed by atoms with Crippen molar-refractivity contribution in [2.24, 2.45) is 0 Å². The minimum Gasteiger partial charge on any atom is -0.484 e. The molecule has 6 nitrogen and oxygen atoms in total. The van der Waals surface area contributed by atoms with E-state index in [9.17, 15) is 9.59 Å². The fraction of sp³-hybridized carbons (Fsp3) is 0.474. The summed E-state index contributed by atoms with van der Waals surface area (Å²) in [6.45, 7) is -0.0155. The number of carbonyl (C=O) groups is 1. The normalized spacial score (nSPS) is 24.1. The Hall–Kier alpha value is -2.05. The lowest BCUT2D eigenvalue weighted by atomic mass is 9.98. The molecule has 140 valence electrons. The van der Waals surface area contributed by atoms with Gasteiger partial charge in [-0.05, 0) is 43.9 Å². The summed E-state index contributed by atoms with van der Waals surface area (Å²) < 4.78 is 10.8. The SMILES string of the molecule is CN(C(=O)COc1ccc2ccc(=O)oc2c1)C1CC2CCC(C1)N2.Cl. The molecule has 4 rings (SSSR count). The van der Waals surface area contributed by atoms with E-state index in [1.807, 2.05) is 18.0 Å². The Morgan fingerprint density at radius 2 is 1.92 bits per heavy atom. The number of hydrogen-bond donors (Lipinski definition) is 1. The molecule has 3 heterocycles. The zero-order valence-corrected chi connectivity index (χ0v) is 15.5. The third kappa shape index (κ3) is 3.86. The largest absolute Gasteiger partial charge is 0.484 e. The minimum atomic E-state index is -0.402. The van der Waals surface area contributed by atoms with Crippen molar-refractivity contribution >= 4 is 29.3 Å². The van der Waals surface area contributed by atoms with E-state index < -0.39 is 5.63 Å². The maximum atomic E-state index is 12.5. The first-order valence-corrected chi connectivity index (χ1v) is 8.77. The molecule has 2 aliphatic heterocycles. The van der Waals surface area contributed by atoms with Gasteiger partial charge in [0.1, 0.15) is 11.3 Å². The highest BCUT2D eigenvalue weighted by Crippen LogP contribution is 2.29. The van der Waals surface area contributed by atoms with Crippen molar-refractivity contribution in [2.75, 3.05) is 13.7 Å². The number of hydrogen-bond acceptors (Lipinski definition) is 5. The Labute approximate surface area is 157 Å². The average molecular weight is 379 g/mol. The van der Waals surface area contributed by atoms with E-state index in [0.717, 1.165) is 18.2 Å². The number of nitrogens with zero attached hydrogens (tertiary/aromatic N) is 1. The van der Waals surface area contributed by atoms with Gasteiger partial charge >= 0.3 is 5.63 Å². The smallest absolute Gasteiger partial charge is 0.336 e. The van der Waals surface area contributed by atoms with Crippen LogP contribution in [-0.4, -0.2) is 42.6 Å². The van der Waals surface area contributed by atoms with Crippen LogP contribution in [0.2, 0.25) is 0 Å². The van der Waals surface area contributed by atoms with Gasteiger partial charge in [0.15, 0.2) is 6.61 Å². The van der Waals surface area contributed by atoms with E-state index in [1.54, 1.807) is 18.2 Å². The molecule has 2 aliphatic rings. The van der Waals surface area contributed by atoms with Gasteiger partial charge in [0.05, 0.1) is 0 Å². The highest BCUT2D eigenvalue weighted by molar-refractivity contribution is 5.85. The van der Waals surface area contributed by atoms with Gasteiger partial charge in [-0.25, -0.2) is 4.79 Å². The number of amides is 1. The molecule has 7 heteroatoms. The molecule has 2 unspecified atom stereocenters. The van der Waals surface area contributed by atoms with Crippen LogP contribution in [0, 0.1) is 0 Å². The molecular weight excluding hydrogens is 356 g/mol. The zero-order valence-electron chi connectivity index (χ0n) is 14.6. The molecule has 2 aromatic rings. The van der Waals surface area contributed by atoms with Crippen LogP contribution in [0.25, 0.3) is 11.0 Å². The summed E-state index contributed by atoms with van der Waals surface area (Å²) in [5, 5.41) is 4.41. The monoisotopic (exact) mass is 378 g/mol. The summed E-state index contributed by atoms with van der Waals surface area (Å²) in [5.74, 6) is 0.495. The standard InChI is InChI=1S/C19H22N2O4.ClH/c1-21(15-8-13-4-5-14(9-15)20-13)18(22)11-24-16-6-2-12-3-7-19(23)25-17(12)10-16;/h2-3,6-7,10,13-15,20H,4-5,8-9,11H2,1H3;1H. The summed E-state index contributed by atoms with van der Waals surface area (Å²) in [4.78, 5) is 25.6. The molecule has 2 fully saturated rings. The van der Waals surface area contributed by atoms with Gasteiger partial charge in [-0.15, -0.1) is 12.4 Å². The topological polar surface area (TPSA) is 71.8 Å². The second-order valence-corrected chi connectivity index (χ2v) is 7.01. The fourth-order valence-electron chi connectivity index (χ4n) is 3.92. The lowest BCUT2D eigenvalue weighted by Gasteiger charge is -2.35. The zero-order chi connectivity index (χ0) is 17.4. The maximum absolute atomic E-state index is 12.5. The first-order valence-electron chi connectivity index (χ1n) is 8.77. The van der Waals surface area contributed by atoms with E-state index in [1.165, 1.54) is 18.9 Å². The molecule has 0 aliphatic carbocycles. The Balaban J connectivity index is 0.00000196. The second-order valence-electron chi connectivity index (χ2n) is 7.01. The highest BCUT2D eigenvalue weighted by Gasteiger charge is 2.36. The third-order valence-corrected chi connectivity index (χ3v) is 5.35. The molecule has 1 aromatic carbocycles. The quantitative estimate of drug-likeness (QED) is 0.827.